The Morgan fingerprint density at radius 2 is 2.00 bits per heavy atom. The van der Waals surface area contributed by atoms with Crippen LogP contribution in [0.2, 0.25) is 5.02 Å². The molecular weight excluding hydrogens is 388 g/mol. The van der Waals surface area contributed by atoms with Gasteiger partial charge in [0.05, 0.1) is 17.1 Å². The first kappa shape index (κ1) is 21.2. The molecule has 2 rings (SSSR count). The van der Waals surface area contributed by atoms with Crippen molar-refractivity contribution in [1.29, 1.82) is 0 Å². The van der Waals surface area contributed by atoms with Crippen molar-refractivity contribution in [3.05, 3.63) is 62.7 Å². The van der Waals surface area contributed by atoms with Crippen molar-refractivity contribution in [2.75, 3.05) is 11.9 Å². The van der Waals surface area contributed by atoms with Crippen molar-refractivity contribution in [2.45, 2.75) is 26.9 Å². The van der Waals surface area contributed by atoms with Gasteiger partial charge in [0.1, 0.15) is 0 Å². The molecule has 0 fully saturated rings. The average molecular weight is 407 g/mol. The predicted octanol–water partition coefficient (Wildman–Crippen LogP) is 4.14. The standard InChI is InChI=1S/C19H19ClN2O6/c1-4-27-17-9-8-13(10-16(17)22(25)26)19(24)28-12(3)18(23)21-15-7-5-6-14(20)11(15)2/h5-10,12H,4H2,1-3H3,(H,21,23)/t12-/m1/s1. The third kappa shape index (κ3) is 4.98. The van der Waals surface area contributed by atoms with Crippen molar-refractivity contribution in [3.8, 4) is 5.75 Å². The number of rotatable bonds is 7. The summed E-state index contributed by atoms with van der Waals surface area (Å²) in [6.45, 7) is 5.07. The van der Waals surface area contributed by atoms with Crippen LogP contribution in [0.4, 0.5) is 11.4 Å². The second-order valence-corrected chi connectivity index (χ2v) is 6.23. The summed E-state index contributed by atoms with van der Waals surface area (Å²) in [5.74, 6) is -1.37. The normalized spacial score (nSPS) is 11.4. The molecule has 0 aliphatic heterocycles. The van der Waals surface area contributed by atoms with Crippen LogP contribution in [0, 0.1) is 17.0 Å². The van der Waals surface area contributed by atoms with Gasteiger partial charge in [0.2, 0.25) is 0 Å². The van der Waals surface area contributed by atoms with E-state index in [0.717, 1.165) is 6.07 Å². The largest absolute Gasteiger partial charge is 0.487 e. The Morgan fingerprint density at radius 3 is 2.64 bits per heavy atom. The van der Waals surface area contributed by atoms with E-state index in [0.29, 0.717) is 16.3 Å². The molecule has 0 aliphatic rings. The maximum atomic E-state index is 12.3. The molecule has 0 heterocycles. The highest BCUT2D eigenvalue weighted by molar-refractivity contribution is 6.31. The number of halogens is 1. The molecule has 0 saturated heterocycles. The van der Waals surface area contributed by atoms with Gasteiger partial charge in [0, 0.05) is 16.8 Å². The first-order valence-corrected chi connectivity index (χ1v) is 8.80. The lowest BCUT2D eigenvalue weighted by Crippen LogP contribution is -2.30. The summed E-state index contributed by atoms with van der Waals surface area (Å²) in [4.78, 5) is 35.1. The third-order valence-corrected chi connectivity index (χ3v) is 4.28. The van der Waals surface area contributed by atoms with Gasteiger partial charge in [-0.2, -0.15) is 0 Å². The predicted molar refractivity (Wildman–Crippen MR) is 104 cm³/mol. The molecule has 0 radical (unpaired) electrons. The van der Waals surface area contributed by atoms with E-state index < -0.39 is 22.9 Å². The maximum Gasteiger partial charge on any atom is 0.339 e. The van der Waals surface area contributed by atoms with E-state index >= 15 is 0 Å². The van der Waals surface area contributed by atoms with Crippen molar-refractivity contribution in [3.63, 3.8) is 0 Å². The van der Waals surface area contributed by atoms with Gasteiger partial charge in [-0.1, -0.05) is 17.7 Å². The Kier molecular flexibility index (Phi) is 6.94. The Balaban J connectivity index is 2.11. The minimum Gasteiger partial charge on any atom is -0.487 e. The summed E-state index contributed by atoms with van der Waals surface area (Å²) in [7, 11) is 0. The number of nitrogens with zero attached hydrogens (tertiary/aromatic N) is 1. The van der Waals surface area contributed by atoms with Gasteiger partial charge in [0.25, 0.3) is 5.91 Å². The van der Waals surface area contributed by atoms with Gasteiger partial charge in [-0.05, 0) is 50.6 Å². The number of anilines is 1. The van der Waals surface area contributed by atoms with Gasteiger partial charge >= 0.3 is 11.7 Å². The summed E-state index contributed by atoms with van der Waals surface area (Å²) in [5, 5.41) is 14.3. The molecule has 9 heteroatoms. The number of nitrogens with one attached hydrogen (secondary N) is 1. The number of amides is 1. The number of nitro groups is 1. The van der Waals surface area contributed by atoms with Crippen molar-refractivity contribution in [1.82, 2.24) is 0 Å². The molecule has 0 aliphatic carbocycles. The molecule has 1 N–H and O–H groups in total. The van der Waals surface area contributed by atoms with Crippen LogP contribution in [-0.2, 0) is 9.53 Å². The van der Waals surface area contributed by atoms with Crippen LogP contribution in [0.25, 0.3) is 0 Å². The van der Waals surface area contributed by atoms with E-state index in [9.17, 15) is 19.7 Å². The SMILES string of the molecule is CCOc1ccc(C(=O)O[C@H](C)C(=O)Nc2cccc(Cl)c2C)cc1[N+](=O)[O-]. The number of benzene rings is 2. The molecular formula is C19H19ClN2O6. The number of ether oxygens (including phenoxy) is 2. The van der Waals surface area contributed by atoms with Crippen molar-refractivity contribution >= 4 is 34.9 Å². The van der Waals surface area contributed by atoms with Gasteiger partial charge in [-0.25, -0.2) is 4.79 Å². The van der Waals surface area contributed by atoms with Gasteiger partial charge in [0.15, 0.2) is 11.9 Å². The monoisotopic (exact) mass is 406 g/mol. The molecule has 28 heavy (non-hydrogen) atoms. The Labute approximate surface area is 166 Å². The highest BCUT2D eigenvalue weighted by Crippen LogP contribution is 2.28. The fraction of sp³-hybridized carbons (Fsp3) is 0.263. The molecule has 1 atom stereocenters. The second-order valence-electron chi connectivity index (χ2n) is 5.82. The van der Waals surface area contributed by atoms with Crippen LogP contribution in [0.1, 0.15) is 29.8 Å². The molecule has 0 spiro atoms. The zero-order valence-corrected chi connectivity index (χ0v) is 16.3. The third-order valence-electron chi connectivity index (χ3n) is 3.87. The second kappa shape index (κ2) is 9.18. The van der Waals surface area contributed by atoms with Crippen LogP contribution in [0.5, 0.6) is 5.75 Å². The maximum absolute atomic E-state index is 12.3. The van der Waals surface area contributed by atoms with Crippen LogP contribution in [0.3, 0.4) is 0 Å². The van der Waals surface area contributed by atoms with Crippen LogP contribution in [-0.4, -0.2) is 29.5 Å². The Hall–Kier alpha value is -3.13. The van der Waals surface area contributed by atoms with Crippen molar-refractivity contribution < 1.29 is 24.0 Å². The fourth-order valence-corrected chi connectivity index (χ4v) is 2.50. The number of hydrogen-bond acceptors (Lipinski definition) is 6. The smallest absolute Gasteiger partial charge is 0.339 e. The molecule has 0 aromatic heterocycles. The van der Waals surface area contributed by atoms with Gasteiger partial charge in [-0.15, -0.1) is 0 Å². The van der Waals surface area contributed by atoms with E-state index in [2.05, 4.69) is 5.32 Å². The average Bonchev–Trinajstić information content (AvgIpc) is 2.65. The summed E-state index contributed by atoms with van der Waals surface area (Å²) in [5.41, 5.74) is 0.756. The summed E-state index contributed by atoms with van der Waals surface area (Å²) >= 11 is 6.01. The number of carbonyl (C=O) groups is 2. The summed E-state index contributed by atoms with van der Waals surface area (Å²) < 4.78 is 10.3. The lowest BCUT2D eigenvalue weighted by atomic mass is 10.2. The van der Waals surface area contributed by atoms with Crippen LogP contribution >= 0.6 is 11.6 Å². The lowest BCUT2D eigenvalue weighted by Gasteiger charge is -2.15. The molecule has 0 bridgehead atoms. The summed E-state index contributed by atoms with van der Waals surface area (Å²) in [6.07, 6.45) is -1.13. The molecule has 0 unspecified atom stereocenters. The van der Waals surface area contributed by atoms with E-state index in [1.807, 2.05) is 0 Å². The minimum absolute atomic E-state index is 0.0475. The first-order valence-electron chi connectivity index (χ1n) is 8.42. The van der Waals surface area contributed by atoms with Crippen molar-refractivity contribution in [2.24, 2.45) is 0 Å². The molecule has 148 valence electrons. The highest BCUT2D eigenvalue weighted by Gasteiger charge is 2.23. The first-order chi connectivity index (χ1) is 13.2. The number of carbonyl (C=O) groups excluding carboxylic acids is 2. The Morgan fingerprint density at radius 1 is 1.29 bits per heavy atom. The molecule has 8 nitrogen and oxygen atoms in total. The van der Waals surface area contributed by atoms with E-state index in [1.165, 1.54) is 19.1 Å². The minimum atomic E-state index is -1.13. The van der Waals surface area contributed by atoms with E-state index in [4.69, 9.17) is 21.1 Å². The topological polar surface area (TPSA) is 108 Å². The zero-order valence-electron chi connectivity index (χ0n) is 15.5. The number of esters is 1. The molecule has 0 saturated carbocycles. The van der Waals surface area contributed by atoms with E-state index in [1.54, 1.807) is 32.0 Å². The number of nitro benzene ring substituents is 1. The highest BCUT2D eigenvalue weighted by atomic mass is 35.5. The number of hydrogen-bond donors (Lipinski definition) is 1. The van der Waals surface area contributed by atoms with Gasteiger partial charge in [-0.3, -0.25) is 14.9 Å². The lowest BCUT2D eigenvalue weighted by molar-refractivity contribution is -0.385. The fourth-order valence-electron chi connectivity index (χ4n) is 2.32. The van der Waals surface area contributed by atoms with Crippen LogP contribution < -0.4 is 10.1 Å². The van der Waals surface area contributed by atoms with Gasteiger partial charge < -0.3 is 14.8 Å². The van der Waals surface area contributed by atoms with Crippen LogP contribution in [0.15, 0.2) is 36.4 Å². The zero-order chi connectivity index (χ0) is 20.8. The molecule has 2 aromatic carbocycles. The summed E-state index contributed by atoms with van der Waals surface area (Å²) in [6, 6.07) is 8.75. The molecule has 1 amide bonds. The van der Waals surface area contributed by atoms with E-state index in [-0.39, 0.29) is 23.6 Å². The quantitative estimate of drug-likeness (QED) is 0.420. The Bertz CT molecular complexity index is 915. The molecule has 2 aromatic rings.